The van der Waals surface area contributed by atoms with E-state index in [0.717, 1.165) is 12.8 Å². The molecule has 0 saturated carbocycles. The SMILES string of the molecule is CCCC(O)C1C=Cc2ccccc21. The molecule has 1 aliphatic rings. The Labute approximate surface area is 85.1 Å². The number of aliphatic hydroxyl groups is 1. The number of hydrogen-bond acceptors (Lipinski definition) is 1. The summed E-state index contributed by atoms with van der Waals surface area (Å²) in [6.45, 7) is 2.10. The fraction of sp³-hybridized carbons (Fsp3) is 0.385. The van der Waals surface area contributed by atoms with Crippen LogP contribution in [0, 0.1) is 0 Å². The maximum atomic E-state index is 9.94. The predicted molar refractivity (Wildman–Crippen MR) is 59.1 cm³/mol. The topological polar surface area (TPSA) is 20.2 Å². The van der Waals surface area contributed by atoms with Gasteiger partial charge in [0.1, 0.15) is 0 Å². The quantitative estimate of drug-likeness (QED) is 0.773. The molecule has 0 spiro atoms. The molecule has 1 aromatic rings. The van der Waals surface area contributed by atoms with Crippen molar-refractivity contribution < 1.29 is 5.11 Å². The number of rotatable bonds is 3. The van der Waals surface area contributed by atoms with Gasteiger partial charge in [-0.1, -0.05) is 49.8 Å². The fourth-order valence-corrected chi connectivity index (χ4v) is 2.09. The van der Waals surface area contributed by atoms with E-state index in [1.165, 1.54) is 11.1 Å². The smallest absolute Gasteiger partial charge is 0.0643 e. The summed E-state index contributed by atoms with van der Waals surface area (Å²) >= 11 is 0. The molecule has 0 saturated heterocycles. The van der Waals surface area contributed by atoms with E-state index in [1.54, 1.807) is 0 Å². The summed E-state index contributed by atoms with van der Waals surface area (Å²) in [7, 11) is 0. The molecule has 0 aliphatic heterocycles. The number of aliphatic hydroxyl groups excluding tert-OH is 1. The Morgan fingerprint density at radius 2 is 2.14 bits per heavy atom. The monoisotopic (exact) mass is 188 g/mol. The minimum absolute atomic E-state index is 0.214. The van der Waals surface area contributed by atoms with Gasteiger partial charge in [-0.2, -0.15) is 0 Å². The zero-order valence-electron chi connectivity index (χ0n) is 8.48. The molecule has 0 fully saturated rings. The molecule has 0 amide bonds. The summed E-state index contributed by atoms with van der Waals surface area (Å²) in [4.78, 5) is 0. The maximum absolute atomic E-state index is 9.94. The van der Waals surface area contributed by atoms with Gasteiger partial charge in [-0.05, 0) is 17.5 Å². The van der Waals surface area contributed by atoms with E-state index >= 15 is 0 Å². The van der Waals surface area contributed by atoms with Gasteiger partial charge in [-0.15, -0.1) is 0 Å². The Morgan fingerprint density at radius 3 is 2.93 bits per heavy atom. The van der Waals surface area contributed by atoms with Gasteiger partial charge in [-0.3, -0.25) is 0 Å². The molecule has 1 aliphatic carbocycles. The van der Waals surface area contributed by atoms with Crippen molar-refractivity contribution in [3.05, 3.63) is 41.5 Å². The Morgan fingerprint density at radius 1 is 1.36 bits per heavy atom. The molecule has 0 heterocycles. The summed E-state index contributed by atoms with van der Waals surface area (Å²) in [5, 5.41) is 9.94. The van der Waals surface area contributed by atoms with E-state index in [9.17, 15) is 5.11 Å². The van der Waals surface area contributed by atoms with Crippen molar-refractivity contribution in [2.75, 3.05) is 0 Å². The van der Waals surface area contributed by atoms with Gasteiger partial charge in [0.25, 0.3) is 0 Å². The van der Waals surface area contributed by atoms with Gasteiger partial charge in [0, 0.05) is 5.92 Å². The highest BCUT2D eigenvalue weighted by atomic mass is 16.3. The van der Waals surface area contributed by atoms with E-state index in [-0.39, 0.29) is 12.0 Å². The Hall–Kier alpha value is -1.08. The second-order valence-electron chi connectivity index (χ2n) is 3.87. The van der Waals surface area contributed by atoms with Gasteiger partial charge in [0.05, 0.1) is 6.10 Å². The van der Waals surface area contributed by atoms with Crippen LogP contribution in [0.25, 0.3) is 6.08 Å². The molecule has 2 atom stereocenters. The maximum Gasteiger partial charge on any atom is 0.0643 e. The first kappa shape index (κ1) is 9.47. The highest BCUT2D eigenvalue weighted by Crippen LogP contribution is 2.33. The first-order valence-corrected chi connectivity index (χ1v) is 5.28. The molecule has 1 N–H and O–H groups in total. The standard InChI is InChI=1S/C13H16O/c1-2-5-13(14)12-9-8-10-6-3-4-7-11(10)12/h3-4,6-9,12-14H,2,5H2,1H3. The van der Waals surface area contributed by atoms with Gasteiger partial charge in [-0.25, -0.2) is 0 Å². The summed E-state index contributed by atoms with van der Waals surface area (Å²) in [6, 6.07) is 8.29. The third-order valence-corrected chi connectivity index (χ3v) is 2.84. The summed E-state index contributed by atoms with van der Waals surface area (Å²) in [5.41, 5.74) is 2.53. The summed E-state index contributed by atoms with van der Waals surface area (Å²) < 4.78 is 0. The molecule has 74 valence electrons. The lowest BCUT2D eigenvalue weighted by Gasteiger charge is -2.17. The summed E-state index contributed by atoms with van der Waals surface area (Å²) in [6.07, 6.45) is 5.92. The van der Waals surface area contributed by atoms with Crippen LogP contribution in [0.3, 0.4) is 0 Å². The van der Waals surface area contributed by atoms with E-state index in [1.807, 2.05) is 12.1 Å². The largest absolute Gasteiger partial charge is 0.392 e. The zero-order chi connectivity index (χ0) is 9.97. The molecule has 1 heteroatoms. The third-order valence-electron chi connectivity index (χ3n) is 2.84. The normalized spacial score (nSPS) is 20.9. The van der Waals surface area contributed by atoms with Crippen LogP contribution < -0.4 is 0 Å². The van der Waals surface area contributed by atoms with Gasteiger partial charge >= 0.3 is 0 Å². The lowest BCUT2D eigenvalue weighted by molar-refractivity contribution is 0.149. The zero-order valence-corrected chi connectivity index (χ0v) is 8.48. The average Bonchev–Trinajstić information content (AvgIpc) is 2.61. The minimum atomic E-state index is -0.222. The second-order valence-corrected chi connectivity index (χ2v) is 3.87. The van der Waals surface area contributed by atoms with Crippen LogP contribution in [0.5, 0.6) is 0 Å². The van der Waals surface area contributed by atoms with E-state index < -0.39 is 0 Å². The molecule has 14 heavy (non-hydrogen) atoms. The second kappa shape index (κ2) is 3.97. The number of hydrogen-bond donors (Lipinski definition) is 1. The van der Waals surface area contributed by atoms with E-state index in [4.69, 9.17) is 0 Å². The van der Waals surface area contributed by atoms with Gasteiger partial charge in [0.15, 0.2) is 0 Å². The Kier molecular flexibility index (Phi) is 2.69. The van der Waals surface area contributed by atoms with Gasteiger partial charge in [0.2, 0.25) is 0 Å². The molecular weight excluding hydrogens is 172 g/mol. The predicted octanol–water partition coefficient (Wildman–Crippen LogP) is 2.96. The van der Waals surface area contributed by atoms with Crippen LogP contribution in [-0.2, 0) is 0 Å². The van der Waals surface area contributed by atoms with Crippen LogP contribution in [0.4, 0.5) is 0 Å². The number of fused-ring (bicyclic) bond motifs is 1. The molecular formula is C13H16O. The Bertz CT molecular complexity index is 341. The lowest BCUT2D eigenvalue weighted by atomic mass is 9.93. The number of benzene rings is 1. The molecule has 2 rings (SSSR count). The van der Waals surface area contributed by atoms with Gasteiger partial charge < -0.3 is 5.11 Å². The van der Waals surface area contributed by atoms with Crippen molar-refractivity contribution in [3.63, 3.8) is 0 Å². The minimum Gasteiger partial charge on any atom is -0.392 e. The third kappa shape index (κ3) is 1.60. The molecule has 1 aromatic carbocycles. The van der Waals surface area contributed by atoms with E-state index in [0.29, 0.717) is 0 Å². The van der Waals surface area contributed by atoms with Crippen molar-refractivity contribution in [3.8, 4) is 0 Å². The highest BCUT2D eigenvalue weighted by Gasteiger charge is 2.22. The summed E-state index contributed by atoms with van der Waals surface area (Å²) in [5.74, 6) is 0.214. The van der Waals surface area contributed by atoms with Crippen molar-refractivity contribution in [1.82, 2.24) is 0 Å². The average molecular weight is 188 g/mol. The van der Waals surface area contributed by atoms with Crippen molar-refractivity contribution >= 4 is 6.08 Å². The molecule has 0 radical (unpaired) electrons. The fourth-order valence-electron chi connectivity index (χ4n) is 2.09. The van der Waals surface area contributed by atoms with Crippen LogP contribution in [0.2, 0.25) is 0 Å². The van der Waals surface area contributed by atoms with Crippen molar-refractivity contribution in [1.29, 1.82) is 0 Å². The van der Waals surface area contributed by atoms with E-state index in [2.05, 4.69) is 31.2 Å². The van der Waals surface area contributed by atoms with Crippen LogP contribution in [0.15, 0.2) is 30.3 Å². The molecule has 0 bridgehead atoms. The van der Waals surface area contributed by atoms with Crippen molar-refractivity contribution in [2.24, 2.45) is 0 Å². The molecule has 2 unspecified atom stereocenters. The first-order chi connectivity index (χ1) is 6.83. The highest BCUT2D eigenvalue weighted by molar-refractivity contribution is 5.62. The van der Waals surface area contributed by atoms with Crippen LogP contribution in [-0.4, -0.2) is 11.2 Å². The van der Waals surface area contributed by atoms with Crippen LogP contribution >= 0.6 is 0 Å². The first-order valence-electron chi connectivity index (χ1n) is 5.28. The van der Waals surface area contributed by atoms with Crippen LogP contribution in [0.1, 0.15) is 36.8 Å². The Balaban J connectivity index is 2.21. The van der Waals surface area contributed by atoms with Crippen molar-refractivity contribution in [2.45, 2.75) is 31.8 Å². The molecule has 1 nitrogen and oxygen atoms in total. The molecule has 0 aromatic heterocycles. The lowest BCUT2D eigenvalue weighted by Crippen LogP contribution is -2.15.